The van der Waals surface area contributed by atoms with E-state index in [0.717, 1.165) is 43.2 Å². The number of unbranched alkanes of at least 4 members (excludes halogenated alkanes) is 1. The van der Waals surface area contributed by atoms with Crippen molar-refractivity contribution in [2.45, 2.75) is 34.1 Å². The summed E-state index contributed by atoms with van der Waals surface area (Å²) >= 11 is -3.16. The molecular weight excluding hydrogens is 729 g/mol. The van der Waals surface area contributed by atoms with Crippen molar-refractivity contribution in [3.05, 3.63) is 84.4 Å². The summed E-state index contributed by atoms with van der Waals surface area (Å²) in [6, 6.07) is 13.0. The third kappa shape index (κ3) is 9.05. The van der Waals surface area contributed by atoms with Crippen LogP contribution < -0.4 is 11.1 Å². The second-order valence-corrected chi connectivity index (χ2v) is 15.7. The van der Waals surface area contributed by atoms with Crippen LogP contribution in [-0.4, -0.2) is 64.2 Å². The number of anilines is 1. The average molecular weight is 760 g/mol. The molecule has 0 heterocycles. The van der Waals surface area contributed by atoms with Crippen molar-refractivity contribution >= 4 is 76.2 Å². The SMILES string of the molecule is C=CCCCNC(=O)c1cccc(N=Nc2c(C)cc3cc(S(=O)(=O)O)c(N=Nc4ccc(S(=O)(=O)C(COO)S(=O)[O-])cc4)c(N)c3c2O)c1. The predicted octanol–water partition coefficient (Wildman–Crippen LogP) is 5.68. The number of amides is 1. The number of sulfone groups is 1. The molecule has 0 saturated carbocycles. The van der Waals surface area contributed by atoms with Crippen molar-refractivity contribution < 1.29 is 50.2 Å². The Morgan fingerprint density at radius 2 is 1.71 bits per heavy atom. The number of nitrogen functional groups attached to an aromatic ring is 1. The van der Waals surface area contributed by atoms with E-state index in [-0.39, 0.29) is 33.7 Å². The van der Waals surface area contributed by atoms with Crippen molar-refractivity contribution in [2.24, 2.45) is 20.5 Å². The first-order chi connectivity index (χ1) is 24.1. The number of azo groups is 2. The van der Waals surface area contributed by atoms with Gasteiger partial charge < -0.3 is 20.7 Å². The smallest absolute Gasteiger partial charge is 0.296 e. The number of carbonyl (C=O) groups is 1. The number of hydrogen-bond donors (Lipinski definition) is 5. The minimum atomic E-state index is -4.97. The van der Waals surface area contributed by atoms with Gasteiger partial charge in [0.25, 0.3) is 16.0 Å². The van der Waals surface area contributed by atoms with E-state index >= 15 is 0 Å². The van der Waals surface area contributed by atoms with Crippen molar-refractivity contribution in [1.29, 1.82) is 0 Å². The van der Waals surface area contributed by atoms with Gasteiger partial charge in [-0.25, -0.2) is 13.3 Å². The zero-order valence-electron chi connectivity index (χ0n) is 26.7. The van der Waals surface area contributed by atoms with E-state index < -0.39 is 69.1 Å². The maximum atomic E-state index is 12.7. The lowest BCUT2D eigenvalue weighted by Gasteiger charge is -2.18. The molecule has 0 aliphatic heterocycles. The highest BCUT2D eigenvalue weighted by molar-refractivity contribution is 8.04. The second kappa shape index (κ2) is 16.4. The van der Waals surface area contributed by atoms with Gasteiger partial charge in [-0.2, -0.15) is 18.6 Å². The number of rotatable bonds is 15. The Labute approximate surface area is 294 Å². The second-order valence-electron chi connectivity index (χ2n) is 10.8. The molecule has 20 heteroatoms. The number of allylic oxidation sites excluding steroid dienone is 1. The molecule has 4 rings (SSSR count). The van der Waals surface area contributed by atoms with Crippen LogP contribution in [0.4, 0.5) is 28.4 Å². The van der Waals surface area contributed by atoms with Crippen LogP contribution in [0.15, 0.2) is 104 Å². The van der Waals surface area contributed by atoms with Crippen molar-refractivity contribution in [2.75, 3.05) is 18.9 Å². The number of phenolic OH excluding ortho intramolecular Hbond substituents is 1. The summed E-state index contributed by atoms with van der Waals surface area (Å²) in [7, 11) is -9.48. The van der Waals surface area contributed by atoms with Crippen LogP contribution in [0.2, 0.25) is 0 Å². The molecule has 0 saturated heterocycles. The molecule has 270 valence electrons. The van der Waals surface area contributed by atoms with Crippen molar-refractivity contribution in [1.82, 2.24) is 5.32 Å². The third-order valence-corrected chi connectivity index (χ3v) is 11.7. The lowest BCUT2D eigenvalue weighted by atomic mass is 10.0. The number of hydrogen-bond acceptors (Lipinski definition) is 15. The molecule has 0 aromatic heterocycles. The standard InChI is InChI=1S/C31H32N6O11S3/c1-3-4-5-13-33-31(39)19-7-6-8-22(15-19)35-36-28-18(2)14-20-16-24(51(45,46)47)29(27(32)26(20)30(28)38)37-34-21-9-11-23(12-10-21)50(43,44)25(17-48-40)49(41)42/h3,6-12,14-16,25,38,40H,1,4-5,13,17,32H2,2H3,(H,33,39)(H,41,42)(H,45,46,47)/p-1. The lowest BCUT2D eigenvalue weighted by molar-refractivity contribution is -0.238. The molecule has 0 aliphatic carbocycles. The van der Waals surface area contributed by atoms with Gasteiger partial charge in [0, 0.05) is 12.1 Å². The van der Waals surface area contributed by atoms with Gasteiger partial charge in [-0.15, -0.1) is 16.8 Å². The average Bonchev–Trinajstić information content (AvgIpc) is 3.07. The van der Waals surface area contributed by atoms with Gasteiger partial charge in [0.15, 0.2) is 20.2 Å². The summed E-state index contributed by atoms with van der Waals surface area (Å²) in [6.07, 6.45) is 3.23. The van der Waals surface area contributed by atoms with E-state index in [1.54, 1.807) is 31.2 Å². The highest BCUT2D eigenvalue weighted by atomic mass is 32.3. The first-order valence-electron chi connectivity index (χ1n) is 14.7. The number of fused-ring (bicyclic) bond motifs is 1. The molecule has 0 spiro atoms. The molecular formula is C31H31N6O11S3-. The normalized spacial score (nSPS) is 13.5. The summed E-state index contributed by atoms with van der Waals surface area (Å²) in [4.78, 5) is 15.0. The molecule has 0 bridgehead atoms. The highest BCUT2D eigenvalue weighted by Crippen LogP contribution is 2.47. The summed E-state index contributed by atoms with van der Waals surface area (Å²) in [5.74, 6) is -0.822. The Balaban J connectivity index is 1.72. The van der Waals surface area contributed by atoms with Crippen molar-refractivity contribution in [3.63, 3.8) is 0 Å². The van der Waals surface area contributed by atoms with Crippen LogP contribution in [0, 0.1) is 6.92 Å². The Bertz CT molecular complexity index is 2280. The zero-order chi connectivity index (χ0) is 37.5. The Kier molecular flexibility index (Phi) is 12.5. The summed E-state index contributed by atoms with van der Waals surface area (Å²) in [5, 5.41) is 38.7. The fraction of sp³-hybridized carbons (Fsp3) is 0.194. The molecule has 2 atom stereocenters. The van der Waals surface area contributed by atoms with E-state index in [1.165, 1.54) is 12.1 Å². The van der Waals surface area contributed by atoms with Crippen LogP contribution in [0.25, 0.3) is 10.8 Å². The van der Waals surface area contributed by atoms with E-state index in [4.69, 9.17) is 11.0 Å². The largest absolute Gasteiger partial charge is 0.771 e. The van der Waals surface area contributed by atoms with Crippen LogP contribution in [-0.2, 0) is 35.9 Å². The molecule has 17 nitrogen and oxygen atoms in total. The fourth-order valence-electron chi connectivity index (χ4n) is 4.74. The number of nitrogens with zero attached hydrogens (tertiary/aromatic N) is 4. The van der Waals surface area contributed by atoms with Gasteiger partial charge in [0.05, 0.1) is 27.3 Å². The minimum absolute atomic E-state index is 0.0447. The summed E-state index contributed by atoms with van der Waals surface area (Å²) < 4.78 is 80.8. The Morgan fingerprint density at radius 3 is 2.33 bits per heavy atom. The van der Waals surface area contributed by atoms with Crippen LogP contribution >= 0.6 is 0 Å². The lowest BCUT2D eigenvalue weighted by Crippen LogP contribution is -2.30. The molecule has 51 heavy (non-hydrogen) atoms. The predicted molar refractivity (Wildman–Crippen MR) is 186 cm³/mol. The molecule has 4 aromatic rings. The summed E-state index contributed by atoms with van der Waals surface area (Å²) in [5.41, 5.74) is 6.18. The fourth-order valence-corrected chi connectivity index (χ4v) is 7.80. The van der Waals surface area contributed by atoms with Gasteiger partial charge in [-0.3, -0.25) is 18.8 Å². The van der Waals surface area contributed by atoms with E-state index in [0.29, 0.717) is 17.7 Å². The number of phenols is 1. The minimum Gasteiger partial charge on any atom is -0.771 e. The maximum absolute atomic E-state index is 12.7. The van der Waals surface area contributed by atoms with E-state index in [9.17, 15) is 40.1 Å². The third-order valence-electron chi connectivity index (χ3n) is 7.26. The Hall–Kier alpha value is -4.96. The van der Waals surface area contributed by atoms with Gasteiger partial charge >= 0.3 is 0 Å². The number of benzene rings is 4. The van der Waals surface area contributed by atoms with E-state index in [2.05, 4.69) is 37.2 Å². The molecule has 6 N–H and O–H groups in total. The number of nitrogens with two attached hydrogens (primary N) is 1. The zero-order valence-corrected chi connectivity index (χ0v) is 29.1. The van der Waals surface area contributed by atoms with Crippen LogP contribution in [0.3, 0.4) is 0 Å². The first kappa shape index (κ1) is 38.8. The van der Waals surface area contributed by atoms with Crippen molar-refractivity contribution in [3.8, 4) is 5.75 Å². The monoisotopic (exact) mass is 759 g/mol. The van der Waals surface area contributed by atoms with E-state index in [1.807, 2.05) is 0 Å². The van der Waals surface area contributed by atoms with Gasteiger partial charge in [0.2, 0.25) is 0 Å². The van der Waals surface area contributed by atoms with Gasteiger partial charge in [-0.05, 0) is 96.4 Å². The quantitative estimate of drug-likeness (QED) is 0.0143. The summed E-state index contributed by atoms with van der Waals surface area (Å²) in [6.45, 7) is 4.62. The molecule has 4 aromatic carbocycles. The molecule has 0 fully saturated rings. The molecule has 1 amide bonds. The molecule has 0 aliphatic rings. The number of nitrogens with one attached hydrogen (secondary N) is 1. The number of aromatic hydroxyl groups is 1. The van der Waals surface area contributed by atoms with Gasteiger partial charge in [0.1, 0.15) is 22.9 Å². The number of carbonyl (C=O) groups excluding carboxylic acids is 1. The molecule has 0 radical (unpaired) electrons. The molecule has 2 unspecified atom stereocenters. The number of aryl methyl sites for hydroxylation is 1. The Morgan fingerprint density at radius 1 is 1.04 bits per heavy atom. The first-order valence-corrected chi connectivity index (χ1v) is 18.8. The highest BCUT2D eigenvalue weighted by Gasteiger charge is 2.29. The van der Waals surface area contributed by atoms with Gasteiger partial charge in [-0.1, -0.05) is 12.1 Å². The topological polar surface area (TPSA) is 283 Å². The maximum Gasteiger partial charge on any atom is 0.296 e. The van der Waals surface area contributed by atoms with Crippen LogP contribution in [0.1, 0.15) is 28.8 Å². The van der Waals surface area contributed by atoms with Crippen LogP contribution in [0.5, 0.6) is 5.75 Å².